The second-order valence-electron chi connectivity index (χ2n) is 2.75. The van der Waals surface area contributed by atoms with E-state index in [0.717, 1.165) is 18.5 Å². The van der Waals surface area contributed by atoms with Gasteiger partial charge < -0.3 is 9.87 Å². The van der Waals surface area contributed by atoms with Crippen LogP contribution in [0.4, 0.5) is 0 Å². The molecule has 1 rings (SSSR count). The van der Waals surface area contributed by atoms with Gasteiger partial charge in [-0.15, -0.1) is 0 Å². The Kier molecular flexibility index (Phi) is 4.08. The van der Waals surface area contributed by atoms with Crippen LogP contribution in [-0.4, -0.2) is 22.4 Å². The number of likely N-dealkylation sites (N-methyl/N-ethyl adjacent to an activating group) is 1. The monoisotopic (exact) mass is 199 g/mol. The molecular weight excluding hydrogens is 186 g/mol. The fraction of sp³-hybridized carbons (Fsp3) is 0.333. The van der Waals surface area contributed by atoms with Gasteiger partial charge in [-0.3, -0.25) is 0 Å². The first-order valence-corrected chi connectivity index (χ1v) is 5.19. The standard InChI is InChI=1S/C9H13NO2S/c1-10-6-5-8-3-2-4-9(7-8)13(11)12/h2-4,7,10H,5-6H2,1H3,(H,11,12). The van der Waals surface area contributed by atoms with Gasteiger partial charge in [-0.05, 0) is 37.7 Å². The minimum Gasteiger partial charge on any atom is -0.319 e. The van der Waals surface area contributed by atoms with Crippen LogP contribution in [0.2, 0.25) is 0 Å². The maximum absolute atomic E-state index is 10.7. The largest absolute Gasteiger partial charge is 0.319 e. The average Bonchev–Trinajstić information content (AvgIpc) is 2.15. The molecule has 0 saturated heterocycles. The molecule has 0 aliphatic heterocycles. The van der Waals surface area contributed by atoms with Crippen molar-refractivity contribution in [1.29, 1.82) is 0 Å². The van der Waals surface area contributed by atoms with E-state index in [0.29, 0.717) is 4.90 Å². The van der Waals surface area contributed by atoms with Crippen molar-refractivity contribution >= 4 is 11.1 Å². The van der Waals surface area contributed by atoms with Crippen molar-refractivity contribution < 1.29 is 8.76 Å². The van der Waals surface area contributed by atoms with Crippen molar-refractivity contribution in [2.75, 3.05) is 13.6 Å². The fourth-order valence-corrected chi connectivity index (χ4v) is 1.53. The summed E-state index contributed by atoms with van der Waals surface area (Å²) in [5.41, 5.74) is 1.08. The second kappa shape index (κ2) is 5.11. The Morgan fingerprint density at radius 1 is 1.54 bits per heavy atom. The maximum atomic E-state index is 10.7. The summed E-state index contributed by atoms with van der Waals surface area (Å²) in [6.45, 7) is 0.877. The second-order valence-corrected chi connectivity index (χ2v) is 3.72. The summed E-state index contributed by atoms with van der Waals surface area (Å²) in [4.78, 5) is 0.466. The van der Waals surface area contributed by atoms with Crippen LogP contribution in [0.25, 0.3) is 0 Å². The molecule has 4 heteroatoms. The van der Waals surface area contributed by atoms with E-state index in [9.17, 15) is 4.21 Å². The highest BCUT2D eigenvalue weighted by Gasteiger charge is 1.99. The lowest BCUT2D eigenvalue weighted by Crippen LogP contribution is -2.10. The van der Waals surface area contributed by atoms with Crippen molar-refractivity contribution in [3.8, 4) is 0 Å². The molecule has 0 spiro atoms. The van der Waals surface area contributed by atoms with Crippen LogP contribution in [0.3, 0.4) is 0 Å². The van der Waals surface area contributed by atoms with Crippen molar-refractivity contribution in [3.63, 3.8) is 0 Å². The minimum atomic E-state index is -1.87. The maximum Gasteiger partial charge on any atom is 0.186 e. The van der Waals surface area contributed by atoms with Gasteiger partial charge in [-0.25, -0.2) is 4.21 Å². The third-order valence-electron chi connectivity index (χ3n) is 1.76. The number of nitrogens with one attached hydrogen (secondary N) is 1. The molecule has 0 heterocycles. The summed E-state index contributed by atoms with van der Waals surface area (Å²) in [5.74, 6) is 0. The molecule has 0 amide bonds. The highest BCUT2D eigenvalue weighted by molar-refractivity contribution is 7.79. The van der Waals surface area contributed by atoms with Gasteiger partial charge in [0.1, 0.15) is 0 Å². The van der Waals surface area contributed by atoms with Gasteiger partial charge in [0, 0.05) is 0 Å². The van der Waals surface area contributed by atoms with Crippen molar-refractivity contribution in [3.05, 3.63) is 29.8 Å². The van der Waals surface area contributed by atoms with Gasteiger partial charge >= 0.3 is 0 Å². The van der Waals surface area contributed by atoms with E-state index in [2.05, 4.69) is 5.32 Å². The van der Waals surface area contributed by atoms with Crippen molar-refractivity contribution in [1.82, 2.24) is 5.32 Å². The number of rotatable bonds is 4. The highest BCUT2D eigenvalue weighted by atomic mass is 32.2. The fourth-order valence-electron chi connectivity index (χ4n) is 1.08. The molecule has 72 valence electrons. The van der Waals surface area contributed by atoms with Crippen LogP contribution in [0.15, 0.2) is 29.2 Å². The predicted octanol–water partition coefficient (Wildman–Crippen LogP) is 1.03. The zero-order valence-electron chi connectivity index (χ0n) is 7.49. The number of hydrogen-bond donors (Lipinski definition) is 2. The molecule has 0 fully saturated rings. The summed E-state index contributed by atoms with van der Waals surface area (Å²) in [6.07, 6.45) is 0.877. The molecule has 2 N–H and O–H groups in total. The molecule has 1 unspecified atom stereocenters. The lowest BCUT2D eigenvalue weighted by Gasteiger charge is -2.01. The molecule has 1 aromatic rings. The van der Waals surface area contributed by atoms with Crippen LogP contribution >= 0.6 is 0 Å². The van der Waals surface area contributed by atoms with Gasteiger partial charge in [-0.2, -0.15) is 0 Å². The average molecular weight is 199 g/mol. The summed E-state index contributed by atoms with van der Waals surface area (Å²) < 4.78 is 19.6. The van der Waals surface area contributed by atoms with E-state index < -0.39 is 11.1 Å². The molecule has 0 radical (unpaired) electrons. The normalized spacial score (nSPS) is 12.8. The summed E-state index contributed by atoms with van der Waals surface area (Å²) in [7, 11) is 1.88. The Labute approximate surface area is 80.5 Å². The molecule has 1 aromatic carbocycles. The van der Waals surface area contributed by atoms with E-state index in [-0.39, 0.29) is 0 Å². The number of benzene rings is 1. The summed E-state index contributed by atoms with van der Waals surface area (Å²) in [5, 5.41) is 3.03. The van der Waals surface area contributed by atoms with Crippen LogP contribution in [0, 0.1) is 0 Å². The Morgan fingerprint density at radius 2 is 2.31 bits per heavy atom. The first kappa shape index (κ1) is 10.4. The van der Waals surface area contributed by atoms with Gasteiger partial charge in [0.15, 0.2) is 11.1 Å². The molecule has 0 saturated carbocycles. The first-order chi connectivity index (χ1) is 6.24. The Hall–Kier alpha value is -0.710. The van der Waals surface area contributed by atoms with Gasteiger partial charge in [0.05, 0.1) is 4.90 Å². The van der Waals surface area contributed by atoms with E-state index in [1.807, 2.05) is 13.1 Å². The Bertz CT molecular complexity index is 301. The molecule has 13 heavy (non-hydrogen) atoms. The number of hydrogen-bond acceptors (Lipinski definition) is 2. The SMILES string of the molecule is CNCCc1cccc(S(=O)O)c1. The molecule has 0 aliphatic rings. The van der Waals surface area contributed by atoms with Crippen LogP contribution in [0.5, 0.6) is 0 Å². The van der Waals surface area contributed by atoms with Crippen LogP contribution in [-0.2, 0) is 17.5 Å². The third-order valence-corrected chi connectivity index (χ3v) is 2.42. The van der Waals surface area contributed by atoms with E-state index >= 15 is 0 Å². The highest BCUT2D eigenvalue weighted by Crippen LogP contribution is 2.08. The van der Waals surface area contributed by atoms with E-state index in [1.54, 1.807) is 18.2 Å². The molecule has 0 aliphatic carbocycles. The minimum absolute atomic E-state index is 0.466. The van der Waals surface area contributed by atoms with Crippen molar-refractivity contribution in [2.45, 2.75) is 11.3 Å². The topological polar surface area (TPSA) is 49.3 Å². The lowest BCUT2D eigenvalue weighted by atomic mass is 10.1. The van der Waals surface area contributed by atoms with Gasteiger partial charge in [0.2, 0.25) is 0 Å². The summed E-state index contributed by atoms with van der Waals surface area (Å²) >= 11 is -1.87. The lowest BCUT2D eigenvalue weighted by molar-refractivity contribution is 0.564. The van der Waals surface area contributed by atoms with E-state index in [4.69, 9.17) is 4.55 Å². The van der Waals surface area contributed by atoms with Crippen LogP contribution in [0.1, 0.15) is 5.56 Å². The van der Waals surface area contributed by atoms with Crippen LogP contribution < -0.4 is 5.32 Å². The first-order valence-electron chi connectivity index (χ1n) is 4.08. The molecular formula is C9H13NO2S. The van der Waals surface area contributed by atoms with E-state index in [1.165, 1.54) is 0 Å². The Balaban J connectivity index is 2.73. The zero-order chi connectivity index (χ0) is 9.68. The third kappa shape index (κ3) is 3.26. The molecule has 0 bridgehead atoms. The zero-order valence-corrected chi connectivity index (χ0v) is 8.30. The molecule has 1 atom stereocenters. The summed E-state index contributed by atoms with van der Waals surface area (Å²) in [6, 6.07) is 7.16. The molecule has 3 nitrogen and oxygen atoms in total. The van der Waals surface area contributed by atoms with Crippen molar-refractivity contribution in [2.24, 2.45) is 0 Å². The Morgan fingerprint density at radius 3 is 2.92 bits per heavy atom. The van der Waals surface area contributed by atoms with Gasteiger partial charge in [0.25, 0.3) is 0 Å². The molecule has 0 aromatic heterocycles. The predicted molar refractivity (Wildman–Crippen MR) is 53.1 cm³/mol. The smallest absolute Gasteiger partial charge is 0.186 e. The van der Waals surface area contributed by atoms with Gasteiger partial charge in [-0.1, -0.05) is 12.1 Å². The quantitative estimate of drug-likeness (QED) is 0.712.